The van der Waals surface area contributed by atoms with Gasteiger partial charge in [0.25, 0.3) is 0 Å². The highest BCUT2D eigenvalue weighted by molar-refractivity contribution is 6.02. The summed E-state index contributed by atoms with van der Waals surface area (Å²) in [6, 6.07) is 10.3. The first-order valence-electron chi connectivity index (χ1n) is 8.17. The van der Waals surface area contributed by atoms with Gasteiger partial charge in [-0.2, -0.15) is 8.78 Å². The van der Waals surface area contributed by atoms with Gasteiger partial charge in [0.05, 0.1) is 6.61 Å². The van der Waals surface area contributed by atoms with Crippen molar-refractivity contribution in [3.63, 3.8) is 0 Å². The van der Waals surface area contributed by atoms with Gasteiger partial charge in [-0.3, -0.25) is 4.79 Å². The Balaban J connectivity index is 2.12. The average molecular weight is 361 g/mol. The number of aryl methyl sites for hydroxylation is 2. The van der Waals surface area contributed by atoms with Crippen LogP contribution in [-0.2, 0) is 4.79 Å². The number of alkyl halides is 2. The monoisotopic (exact) mass is 361 g/mol. The first-order chi connectivity index (χ1) is 12.4. The second-order valence-electron chi connectivity index (χ2n) is 5.66. The van der Waals surface area contributed by atoms with Crippen molar-refractivity contribution in [3.8, 4) is 11.5 Å². The summed E-state index contributed by atoms with van der Waals surface area (Å²) >= 11 is 0. The van der Waals surface area contributed by atoms with E-state index in [1.165, 1.54) is 12.1 Å². The Bertz CT molecular complexity index is 804. The molecule has 0 heterocycles. The summed E-state index contributed by atoms with van der Waals surface area (Å²) in [6.45, 7) is 2.98. The van der Waals surface area contributed by atoms with E-state index in [0.717, 1.165) is 16.8 Å². The number of rotatable bonds is 7. The number of halogens is 2. The molecule has 6 heteroatoms. The van der Waals surface area contributed by atoms with E-state index in [2.05, 4.69) is 10.1 Å². The van der Waals surface area contributed by atoms with Crippen molar-refractivity contribution in [2.45, 2.75) is 27.4 Å². The third-order valence-corrected chi connectivity index (χ3v) is 3.56. The van der Waals surface area contributed by atoms with Crippen LogP contribution < -0.4 is 14.8 Å². The molecule has 0 saturated heterocycles. The predicted octanol–water partition coefficient (Wildman–Crippen LogP) is 4.96. The van der Waals surface area contributed by atoms with Crippen molar-refractivity contribution >= 4 is 17.7 Å². The Labute approximate surface area is 151 Å². The fourth-order valence-electron chi connectivity index (χ4n) is 2.31. The van der Waals surface area contributed by atoms with Crippen molar-refractivity contribution in [1.29, 1.82) is 0 Å². The van der Waals surface area contributed by atoms with Crippen LogP contribution in [0.5, 0.6) is 11.5 Å². The van der Waals surface area contributed by atoms with E-state index >= 15 is 0 Å². The van der Waals surface area contributed by atoms with Crippen LogP contribution in [0.3, 0.4) is 0 Å². The second kappa shape index (κ2) is 8.99. The highest BCUT2D eigenvalue weighted by atomic mass is 19.3. The molecule has 1 amide bonds. The highest BCUT2D eigenvalue weighted by Crippen LogP contribution is 2.30. The lowest BCUT2D eigenvalue weighted by Gasteiger charge is -2.11. The normalized spacial score (nSPS) is 11.0. The van der Waals surface area contributed by atoms with Crippen LogP contribution in [-0.4, -0.2) is 19.1 Å². The van der Waals surface area contributed by atoms with Gasteiger partial charge in [0.1, 0.15) is 0 Å². The molecule has 0 fully saturated rings. The lowest BCUT2D eigenvalue weighted by Crippen LogP contribution is -2.09. The molecule has 138 valence electrons. The van der Waals surface area contributed by atoms with Crippen LogP contribution >= 0.6 is 0 Å². The molecule has 0 bridgehead atoms. The van der Waals surface area contributed by atoms with Gasteiger partial charge in [-0.15, -0.1) is 0 Å². The second-order valence-corrected chi connectivity index (χ2v) is 5.66. The smallest absolute Gasteiger partial charge is 0.387 e. The van der Waals surface area contributed by atoms with Crippen LogP contribution in [0.4, 0.5) is 14.5 Å². The Hall–Kier alpha value is -2.89. The van der Waals surface area contributed by atoms with Gasteiger partial charge in [-0.1, -0.05) is 18.2 Å². The summed E-state index contributed by atoms with van der Waals surface area (Å²) < 4.78 is 34.6. The highest BCUT2D eigenvalue weighted by Gasteiger charge is 2.11. The van der Waals surface area contributed by atoms with Crippen LogP contribution in [0.25, 0.3) is 6.08 Å². The number of benzene rings is 2. The number of anilines is 1. The van der Waals surface area contributed by atoms with E-state index in [-0.39, 0.29) is 17.4 Å². The molecule has 2 aromatic rings. The molecule has 0 atom stereocenters. The van der Waals surface area contributed by atoms with Crippen LogP contribution in [0, 0.1) is 13.8 Å². The van der Waals surface area contributed by atoms with Crippen LogP contribution in [0.2, 0.25) is 0 Å². The van der Waals surface area contributed by atoms with Crippen molar-refractivity contribution in [2.24, 2.45) is 0 Å². The predicted molar refractivity (Wildman–Crippen MR) is 97.8 cm³/mol. The molecule has 4 nitrogen and oxygen atoms in total. The van der Waals surface area contributed by atoms with Crippen molar-refractivity contribution in [1.82, 2.24) is 0 Å². The summed E-state index contributed by atoms with van der Waals surface area (Å²) in [4.78, 5) is 12.1. The summed E-state index contributed by atoms with van der Waals surface area (Å²) in [5, 5.41) is 2.82. The molecule has 0 unspecified atom stereocenters. The summed E-state index contributed by atoms with van der Waals surface area (Å²) in [5.74, 6) is -0.131. The molecule has 0 saturated carbocycles. The molecule has 0 aliphatic rings. The summed E-state index contributed by atoms with van der Waals surface area (Å²) in [7, 11) is 0. The number of amides is 1. The zero-order chi connectivity index (χ0) is 19.1. The topological polar surface area (TPSA) is 47.6 Å². The van der Waals surface area contributed by atoms with Gasteiger partial charge in [0.2, 0.25) is 5.91 Å². The number of ether oxygens (including phenoxy) is 2. The molecule has 0 radical (unpaired) electrons. The van der Waals surface area contributed by atoms with Crippen LogP contribution in [0.1, 0.15) is 23.6 Å². The molecule has 1 N–H and O–H groups in total. The Morgan fingerprint density at radius 1 is 1.15 bits per heavy atom. The minimum atomic E-state index is -2.93. The molecule has 0 aliphatic carbocycles. The summed E-state index contributed by atoms with van der Waals surface area (Å²) in [5.41, 5.74) is 3.39. The van der Waals surface area contributed by atoms with E-state index in [4.69, 9.17) is 4.74 Å². The third kappa shape index (κ3) is 5.58. The van der Waals surface area contributed by atoms with Gasteiger partial charge in [-0.25, -0.2) is 0 Å². The number of carbonyl (C=O) groups excluding carboxylic acids is 1. The van der Waals surface area contributed by atoms with E-state index < -0.39 is 6.61 Å². The summed E-state index contributed by atoms with van der Waals surface area (Å²) in [6.07, 6.45) is 2.95. The van der Waals surface area contributed by atoms with E-state index in [1.807, 2.05) is 32.0 Å². The molecule has 0 spiro atoms. The fraction of sp³-hybridized carbons (Fsp3) is 0.250. The lowest BCUT2D eigenvalue weighted by molar-refractivity contribution is -0.111. The fourth-order valence-corrected chi connectivity index (χ4v) is 2.31. The lowest BCUT2D eigenvalue weighted by atomic mass is 10.1. The molecule has 2 aromatic carbocycles. The minimum absolute atomic E-state index is 0.0427. The zero-order valence-electron chi connectivity index (χ0n) is 14.9. The van der Waals surface area contributed by atoms with Crippen molar-refractivity contribution < 1.29 is 23.0 Å². The molecule has 0 aliphatic heterocycles. The Morgan fingerprint density at radius 3 is 2.62 bits per heavy atom. The van der Waals surface area contributed by atoms with Gasteiger partial charge >= 0.3 is 6.61 Å². The number of hydrogen-bond acceptors (Lipinski definition) is 3. The maximum Gasteiger partial charge on any atom is 0.387 e. The van der Waals surface area contributed by atoms with E-state index in [0.29, 0.717) is 12.2 Å². The number of nitrogens with one attached hydrogen (secondary N) is 1. The van der Waals surface area contributed by atoms with Crippen LogP contribution in [0.15, 0.2) is 42.5 Å². The first-order valence-corrected chi connectivity index (χ1v) is 8.17. The number of carbonyl (C=O) groups is 1. The first kappa shape index (κ1) is 19.4. The van der Waals surface area contributed by atoms with Crippen molar-refractivity contribution in [3.05, 3.63) is 59.2 Å². The van der Waals surface area contributed by atoms with E-state index in [1.54, 1.807) is 25.1 Å². The Morgan fingerprint density at radius 2 is 1.92 bits per heavy atom. The van der Waals surface area contributed by atoms with Gasteiger partial charge < -0.3 is 14.8 Å². The molecular formula is C20H21F2NO3. The van der Waals surface area contributed by atoms with Gasteiger partial charge in [-0.05, 0) is 61.7 Å². The quantitative estimate of drug-likeness (QED) is 0.710. The average Bonchev–Trinajstić information content (AvgIpc) is 2.58. The maximum absolute atomic E-state index is 12.4. The zero-order valence-corrected chi connectivity index (χ0v) is 14.9. The molecule has 2 rings (SSSR count). The minimum Gasteiger partial charge on any atom is -0.490 e. The largest absolute Gasteiger partial charge is 0.490 e. The molecule has 26 heavy (non-hydrogen) atoms. The third-order valence-electron chi connectivity index (χ3n) is 3.56. The Kier molecular flexibility index (Phi) is 6.72. The molecule has 0 aromatic heterocycles. The van der Waals surface area contributed by atoms with Gasteiger partial charge in [0.15, 0.2) is 11.5 Å². The van der Waals surface area contributed by atoms with E-state index in [9.17, 15) is 13.6 Å². The standard InChI is InChI=1S/C20H21F2NO3/c1-4-25-18-12-15(7-9-17(18)26-20(21)22)8-10-19(24)23-16-11-13(2)5-6-14(16)3/h5-12,20H,4H2,1-3H3,(H,23,24)/b10-8+. The maximum atomic E-state index is 12.4. The van der Waals surface area contributed by atoms with Gasteiger partial charge in [0, 0.05) is 11.8 Å². The molecular weight excluding hydrogens is 340 g/mol. The SMILES string of the molecule is CCOc1cc(/C=C/C(=O)Nc2cc(C)ccc2C)ccc1OC(F)F. The number of hydrogen-bond donors (Lipinski definition) is 1. The van der Waals surface area contributed by atoms with Crippen molar-refractivity contribution in [2.75, 3.05) is 11.9 Å².